The van der Waals surface area contributed by atoms with Crippen molar-refractivity contribution in [1.82, 2.24) is 4.90 Å². The Morgan fingerprint density at radius 1 is 1.06 bits per heavy atom. The Hall–Kier alpha value is -2.76. The molecule has 162 valence electrons. The van der Waals surface area contributed by atoms with E-state index in [1.165, 1.54) is 12.1 Å². The van der Waals surface area contributed by atoms with Crippen molar-refractivity contribution in [3.05, 3.63) is 93.7 Å². The molecule has 31 heavy (non-hydrogen) atoms. The van der Waals surface area contributed by atoms with E-state index in [2.05, 4.69) is 5.32 Å². The lowest BCUT2D eigenvalue weighted by atomic mass is 10.1. The Bertz CT molecular complexity index is 1030. The number of rotatable bonds is 8. The van der Waals surface area contributed by atoms with Crippen LogP contribution in [0.4, 0.5) is 14.9 Å². The quantitative estimate of drug-likeness (QED) is 0.401. The minimum Gasteiger partial charge on any atom is -0.494 e. The molecule has 3 aromatic carbocycles. The highest BCUT2D eigenvalue weighted by molar-refractivity contribution is 6.35. The minimum atomic E-state index is -0.413. The highest BCUT2D eigenvalue weighted by Gasteiger charge is 2.16. The largest absolute Gasteiger partial charge is 0.494 e. The molecule has 0 bridgehead atoms. The van der Waals surface area contributed by atoms with Crippen LogP contribution in [0.25, 0.3) is 0 Å². The summed E-state index contributed by atoms with van der Waals surface area (Å²) in [6.45, 7) is 3.30. The zero-order valence-electron chi connectivity index (χ0n) is 17.1. The van der Waals surface area contributed by atoms with Crippen LogP contribution < -0.4 is 10.1 Å². The summed E-state index contributed by atoms with van der Waals surface area (Å²) < 4.78 is 19.0. The zero-order chi connectivity index (χ0) is 22.2. The van der Waals surface area contributed by atoms with Gasteiger partial charge in [0.05, 0.1) is 6.61 Å². The second-order valence-corrected chi connectivity index (χ2v) is 7.77. The average molecular weight is 461 g/mol. The molecule has 3 rings (SSSR count). The van der Waals surface area contributed by atoms with Gasteiger partial charge in [-0.3, -0.25) is 0 Å². The third-order valence-electron chi connectivity index (χ3n) is 4.64. The molecule has 3 aromatic rings. The van der Waals surface area contributed by atoms with E-state index >= 15 is 0 Å². The van der Waals surface area contributed by atoms with Gasteiger partial charge in [0.25, 0.3) is 0 Å². The van der Waals surface area contributed by atoms with Crippen molar-refractivity contribution in [3.8, 4) is 5.75 Å². The van der Waals surface area contributed by atoms with Crippen LogP contribution in [0, 0.1) is 5.82 Å². The summed E-state index contributed by atoms with van der Waals surface area (Å²) in [6.07, 6.45) is 0.545. The van der Waals surface area contributed by atoms with Crippen LogP contribution in [0.2, 0.25) is 10.0 Å². The monoisotopic (exact) mass is 460 g/mol. The van der Waals surface area contributed by atoms with Crippen molar-refractivity contribution in [2.24, 2.45) is 0 Å². The van der Waals surface area contributed by atoms with Gasteiger partial charge in [-0.25, -0.2) is 9.18 Å². The zero-order valence-corrected chi connectivity index (χ0v) is 18.6. The first-order chi connectivity index (χ1) is 14.9. The van der Waals surface area contributed by atoms with Crippen molar-refractivity contribution in [1.29, 1.82) is 0 Å². The standard InChI is InChI=1S/C24H23Cl2FN2O2/c1-2-31-22-10-6-17(7-11-22)16-29(13-12-18-8-9-19(25)14-23(18)26)24(30)28-21-5-3-4-20(27)15-21/h3-11,14-15H,2,12-13,16H2,1H3,(H,28,30). The predicted molar refractivity (Wildman–Crippen MR) is 124 cm³/mol. The molecule has 0 saturated heterocycles. The lowest BCUT2D eigenvalue weighted by Crippen LogP contribution is -2.36. The summed E-state index contributed by atoms with van der Waals surface area (Å²) in [6, 6.07) is 18.4. The summed E-state index contributed by atoms with van der Waals surface area (Å²) in [4.78, 5) is 14.6. The maximum Gasteiger partial charge on any atom is 0.322 e. The fourth-order valence-electron chi connectivity index (χ4n) is 3.08. The van der Waals surface area contributed by atoms with E-state index in [-0.39, 0.29) is 6.03 Å². The van der Waals surface area contributed by atoms with Crippen LogP contribution in [0.15, 0.2) is 66.7 Å². The first-order valence-corrected chi connectivity index (χ1v) is 10.7. The number of anilines is 1. The topological polar surface area (TPSA) is 41.6 Å². The van der Waals surface area contributed by atoms with Gasteiger partial charge in [-0.05, 0) is 66.9 Å². The third kappa shape index (κ3) is 6.88. The summed E-state index contributed by atoms with van der Waals surface area (Å²) in [5.74, 6) is 0.360. The number of benzene rings is 3. The Kier molecular flexibility index (Phi) is 8.15. The van der Waals surface area contributed by atoms with Crippen molar-refractivity contribution in [2.75, 3.05) is 18.5 Å². The smallest absolute Gasteiger partial charge is 0.322 e. The molecule has 0 atom stereocenters. The summed E-state index contributed by atoms with van der Waals surface area (Å²) >= 11 is 12.3. The molecule has 0 heterocycles. The highest BCUT2D eigenvalue weighted by Crippen LogP contribution is 2.22. The van der Waals surface area contributed by atoms with Crippen molar-refractivity contribution >= 4 is 34.9 Å². The molecule has 0 saturated carbocycles. The molecule has 0 unspecified atom stereocenters. The number of urea groups is 1. The predicted octanol–water partition coefficient (Wildman–Crippen LogP) is 6.81. The van der Waals surface area contributed by atoms with Crippen LogP contribution in [0.3, 0.4) is 0 Å². The highest BCUT2D eigenvalue weighted by atomic mass is 35.5. The summed E-state index contributed by atoms with van der Waals surface area (Å²) in [7, 11) is 0. The van der Waals surface area contributed by atoms with E-state index in [1.807, 2.05) is 37.3 Å². The van der Waals surface area contributed by atoms with Crippen LogP contribution in [-0.4, -0.2) is 24.1 Å². The van der Waals surface area contributed by atoms with Gasteiger partial charge in [0.15, 0.2) is 0 Å². The van der Waals surface area contributed by atoms with Gasteiger partial charge in [0, 0.05) is 28.8 Å². The number of halogens is 3. The van der Waals surface area contributed by atoms with E-state index in [0.29, 0.717) is 41.8 Å². The Labute approximate surface area is 191 Å². The van der Waals surface area contributed by atoms with Gasteiger partial charge in [0.2, 0.25) is 0 Å². The number of carbonyl (C=O) groups is 1. The van der Waals surface area contributed by atoms with Gasteiger partial charge in [-0.15, -0.1) is 0 Å². The molecular formula is C24H23Cl2FN2O2. The first-order valence-electron chi connectivity index (χ1n) is 9.91. The molecule has 4 nitrogen and oxygen atoms in total. The van der Waals surface area contributed by atoms with Crippen molar-refractivity contribution in [3.63, 3.8) is 0 Å². The van der Waals surface area contributed by atoms with Gasteiger partial charge >= 0.3 is 6.03 Å². The first kappa shape index (κ1) is 22.9. The van der Waals surface area contributed by atoms with Crippen LogP contribution in [-0.2, 0) is 13.0 Å². The number of hydrogen-bond donors (Lipinski definition) is 1. The maximum atomic E-state index is 13.5. The third-order valence-corrected chi connectivity index (χ3v) is 5.22. The number of hydrogen-bond acceptors (Lipinski definition) is 2. The number of carbonyl (C=O) groups excluding carboxylic acids is 1. The van der Waals surface area contributed by atoms with Crippen LogP contribution in [0.5, 0.6) is 5.75 Å². The van der Waals surface area contributed by atoms with E-state index < -0.39 is 5.82 Å². The molecule has 0 spiro atoms. The number of nitrogens with one attached hydrogen (secondary N) is 1. The molecule has 0 radical (unpaired) electrons. The van der Waals surface area contributed by atoms with Crippen molar-refractivity contribution in [2.45, 2.75) is 19.9 Å². The lowest BCUT2D eigenvalue weighted by molar-refractivity contribution is 0.210. The molecule has 0 fully saturated rings. The second kappa shape index (κ2) is 11.0. The van der Waals surface area contributed by atoms with Gasteiger partial charge in [-0.2, -0.15) is 0 Å². The van der Waals surface area contributed by atoms with Gasteiger partial charge in [-0.1, -0.05) is 47.5 Å². The number of nitrogens with zero attached hydrogens (tertiary/aromatic N) is 1. The molecule has 0 aliphatic heterocycles. The fraction of sp³-hybridized carbons (Fsp3) is 0.208. The maximum absolute atomic E-state index is 13.5. The van der Waals surface area contributed by atoms with E-state index in [4.69, 9.17) is 27.9 Å². The van der Waals surface area contributed by atoms with Crippen molar-refractivity contribution < 1.29 is 13.9 Å². The number of ether oxygens (including phenoxy) is 1. The number of amides is 2. The van der Waals surface area contributed by atoms with E-state index in [9.17, 15) is 9.18 Å². The Balaban J connectivity index is 1.75. The lowest BCUT2D eigenvalue weighted by Gasteiger charge is -2.24. The molecule has 1 N–H and O–H groups in total. The molecule has 0 aliphatic carbocycles. The van der Waals surface area contributed by atoms with E-state index in [0.717, 1.165) is 16.9 Å². The van der Waals surface area contributed by atoms with Gasteiger partial charge < -0.3 is 15.0 Å². The van der Waals surface area contributed by atoms with E-state index in [1.54, 1.807) is 29.2 Å². The van der Waals surface area contributed by atoms with Gasteiger partial charge in [0.1, 0.15) is 11.6 Å². The SMILES string of the molecule is CCOc1ccc(CN(CCc2ccc(Cl)cc2Cl)C(=O)Nc2cccc(F)c2)cc1. The molecule has 0 aliphatic rings. The molecular weight excluding hydrogens is 438 g/mol. The normalized spacial score (nSPS) is 10.6. The minimum absolute atomic E-state index is 0.329. The molecule has 2 amide bonds. The summed E-state index contributed by atoms with van der Waals surface area (Å²) in [5.41, 5.74) is 2.23. The second-order valence-electron chi connectivity index (χ2n) is 6.92. The average Bonchev–Trinajstić information content (AvgIpc) is 2.73. The van der Waals surface area contributed by atoms with Crippen LogP contribution >= 0.6 is 23.2 Å². The molecule has 7 heteroatoms. The summed E-state index contributed by atoms with van der Waals surface area (Å²) in [5, 5.41) is 3.88. The Morgan fingerprint density at radius 2 is 1.84 bits per heavy atom. The fourth-order valence-corrected chi connectivity index (χ4v) is 3.58. The molecule has 0 aromatic heterocycles. The van der Waals surface area contributed by atoms with Crippen LogP contribution in [0.1, 0.15) is 18.1 Å². The Morgan fingerprint density at radius 3 is 2.52 bits per heavy atom.